The molecule has 0 bridgehead atoms. The monoisotopic (exact) mass is 196 g/mol. The van der Waals surface area contributed by atoms with E-state index >= 15 is 0 Å². The summed E-state index contributed by atoms with van der Waals surface area (Å²) in [6, 6.07) is 2.17. The minimum atomic E-state index is -0.0475. The highest BCUT2D eigenvalue weighted by atomic mass is 32.1. The normalized spacial score (nSPS) is 29.0. The molecule has 1 fully saturated rings. The number of hydrogen-bond acceptors (Lipinski definition) is 2. The third-order valence-electron chi connectivity index (χ3n) is 2.95. The number of rotatable bonds is 2. The van der Waals surface area contributed by atoms with Crippen LogP contribution in [0.1, 0.15) is 31.2 Å². The predicted molar refractivity (Wildman–Crippen MR) is 56.0 cm³/mol. The smallest absolute Gasteiger partial charge is 0.0571 e. The molecular weight excluding hydrogens is 180 g/mol. The fourth-order valence-corrected chi connectivity index (χ4v) is 2.82. The van der Waals surface area contributed by atoms with E-state index in [1.165, 1.54) is 24.8 Å². The first-order chi connectivity index (χ1) is 6.36. The lowest BCUT2D eigenvalue weighted by Gasteiger charge is -2.27. The van der Waals surface area contributed by atoms with Crippen LogP contribution >= 0.6 is 11.3 Å². The summed E-state index contributed by atoms with van der Waals surface area (Å²) >= 11 is 1.75. The van der Waals surface area contributed by atoms with Crippen LogP contribution in [0.15, 0.2) is 16.8 Å². The molecule has 1 heterocycles. The largest absolute Gasteiger partial charge is 0.393 e. The van der Waals surface area contributed by atoms with Gasteiger partial charge in [-0.25, -0.2) is 0 Å². The van der Waals surface area contributed by atoms with E-state index in [1.807, 2.05) is 0 Å². The summed E-state index contributed by atoms with van der Waals surface area (Å²) in [6.45, 7) is 0. The summed E-state index contributed by atoms with van der Waals surface area (Å²) in [7, 11) is 0. The molecular formula is C11H16OS. The van der Waals surface area contributed by atoms with Crippen molar-refractivity contribution in [1.29, 1.82) is 0 Å². The first-order valence-corrected chi connectivity index (χ1v) is 5.99. The van der Waals surface area contributed by atoms with Gasteiger partial charge in [-0.15, -0.1) is 0 Å². The molecule has 13 heavy (non-hydrogen) atoms. The van der Waals surface area contributed by atoms with Crippen molar-refractivity contribution in [2.24, 2.45) is 5.92 Å². The molecule has 1 saturated carbocycles. The van der Waals surface area contributed by atoms with E-state index in [9.17, 15) is 5.11 Å². The third kappa shape index (κ3) is 2.32. The van der Waals surface area contributed by atoms with Crippen molar-refractivity contribution in [3.8, 4) is 0 Å². The SMILES string of the molecule is OC1CCCCC1Cc1ccsc1. The molecule has 2 unspecified atom stereocenters. The van der Waals surface area contributed by atoms with Crippen molar-refractivity contribution in [3.63, 3.8) is 0 Å². The first-order valence-electron chi connectivity index (χ1n) is 5.05. The molecule has 0 saturated heterocycles. The summed E-state index contributed by atoms with van der Waals surface area (Å²) in [5.41, 5.74) is 1.40. The van der Waals surface area contributed by atoms with Crippen LogP contribution in [0.25, 0.3) is 0 Å². The van der Waals surface area contributed by atoms with E-state index in [1.54, 1.807) is 11.3 Å². The van der Waals surface area contributed by atoms with Crippen molar-refractivity contribution in [1.82, 2.24) is 0 Å². The average molecular weight is 196 g/mol. The fraction of sp³-hybridized carbons (Fsp3) is 0.636. The third-order valence-corrected chi connectivity index (χ3v) is 3.68. The molecule has 0 radical (unpaired) electrons. The van der Waals surface area contributed by atoms with Crippen molar-refractivity contribution in [2.75, 3.05) is 0 Å². The quantitative estimate of drug-likeness (QED) is 0.771. The van der Waals surface area contributed by atoms with Gasteiger partial charge in [0.15, 0.2) is 0 Å². The molecule has 2 atom stereocenters. The van der Waals surface area contributed by atoms with Gasteiger partial charge in [0.2, 0.25) is 0 Å². The lowest BCUT2D eigenvalue weighted by molar-refractivity contribution is 0.0701. The van der Waals surface area contributed by atoms with Gasteiger partial charge in [0.1, 0.15) is 0 Å². The molecule has 0 spiro atoms. The Hall–Kier alpha value is -0.340. The van der Waals surface area contributed by atoms with Crippen molar-refractivity contribution < 1.29 is 5.11 Å². The molecule has 1 aromatic rings. The number of thiophene rings is 1. The van der Waals surface area contributed by atoms with Gasteiger partial charge in [-0.05, 0) is 47.6 Å². The predicted octanol–water partition coefficient (Wildman–Crippen LogP) is 2.84. The average Bonchev–Trinajstić information content (AvgIpc) is 2.61. The van der Waals surface area contributed by atoms with Crippen LogP contribution in [0.5, 0.6) is 0 Å². The van der Waals surface area contributed by atoms with E-state index in [2.05, 4.69) is 16.8 Å². The Morgan fingerprint density at radius 1 is 1.38 bits per heavy atom. The van der Waals surface area contributed by atoms with Crippen molar-refractivity contribution in [3.05, 3.63) is 22.4 Å². The summed E-state index contributed by atoms with van der Waals surface area (Å²) in [5.74, 6) is 0.517. The maximum atomic E-state index is 9.77. The molecule has 72 valence electrons. The van der Waals surface area contributed by atoms with Crippen LogP contribution in [-0.2, 0) is 6.42 Å². The van der Waals surface area contributed by atoms with Crippen molar-refractivity contribution in [2.45, 2.75) is 38.2 Å². The minimum Gasteiger partial charge on any atom is -0.393 e. The molecule has 1 aromatic heterocycles. The van der Waals surface area contributed by atoms with Gasteiger partial charge in [0.05, 0.1) is 6.10 Å². The zero-order valence-electron chi connectivity index (χ0n) is 7.78. The van der Waals surface area contributed by atoms with Crippen molar-refractivity contribution >= 4 is 11.3 Å². The van der Waals surface area contributed by atoms with Gasteiger partial charge in [0.25, 0.3) is 0 Å². The maximum Gasteiger partial charge on any atom is 0.0571 e. The number of hydrogen-bond donors (Lipinski definition) is 1. The summed E-state index contributed by atoms with van der Waals surface area (Å²) in [6.07, 6.45) is 5.75. The number of aliphatic hydroxyl groups is 1. The second kappa shape index (κ2) is 4.25. The summed E-state index contributed by atoms with van der Waals surface area (Å²) in [5, 5.41) is 14.1. The topological polar surface area (TPSA) is 20.2 Å². The standard InChI is InChI=1S/C11H16OS/c12-11-4-2-1-3-10(11)7-9-5-6-13-8-9/h5-6,8,10-12H,1-4,7H2. The molecule has 2 rings (SSSR count). The van der Waals surface area contributed by atoms with Gasteiger partial charge >= 0.3 is 0 Å². The summed E-state index contributed by atoms with van der Waals surface area (Å²) < 4.78 is 0. The first kappa shape index (κ1) is 9.22. The Kier molecular flexibility index (Phi) is 3.01. The highest BCUT2D eigenvalue weighted by molar-refractivity contribution is 7.07. The minimum absolute atomic E-state index is 0.0475. The maximum absolute atomic E-state index is 9.77. The van der Waals surface area contributed by atoms with Crippen LogP contribution < -0.4 is 0 Å². The Bertz CT molecular complexity index is 243. The molecule has 2 heteroatoms. The molecule has 1 aliphatic rings. The lowest BCUT2D eigenvalue weighted by Crippen LogP contribution is -2.25. The van der Waals surface area contributed by atoms with Gasteiger partial charge in [0, 0.05) is 0 Å². The van der Waals surface area contributed by atoms with Crippen LogP contribution in [0.2, 0.25) is 0 Å². The highest BCUT2D eigenvalue weighted by Gasteiger charge is 2.22. The van der Waals surface area contributed by atoms with E-state index in [4.69, 9.17) is 0 Å². The van der Waals surface area contributed by atoms with Gasteiger partial charge in [-0.3, -0.25) is 0 Å². The van der Waals surface area contributed by atoms with Crippen LogP contribution in [0.4, 0.5) is 0 Å². The lowest BCUT2D eigenvalue weighted by atomic mass is 9.83. The fourth-order valence-electron chi connectivity index (χ4n) is 2.14. The van der Waals surface area contributed by atoms with Gasteiger partial charge in [-0.1, -0.05) is 12.8 Å². The Morgan fingerprint density at radius 2 is 2.23 bits per heavy atom. The zero-order valence-corrected chi connectivity index (χ0v) is 8.59. The molecule has 1 N–H and O–H groups in total. The molecule has 1 aliphatic carbocycles. The molecule has 0 aliphatic heterocycles. The Labute approximate surface area is 83.4 Å². The second-order valence-corrected chi connectivity index (χ2v) is 4.73. The Morgan fingerprint density at radius 3 is 2.92 bits per heavy atom. The van der Waals surface area contributed by atoms with E-state index in [0.717, 1.165) is 12.8 Å². The van der Waals surface area contributed by atoms with Gasteiger partial charge < -0.3 is 5.11 Å². The van der Waals surface area contributed by atoms with Crippen LogP contribution in [0.3, 0.4) is 0 Å². The zero-order chi connectivity index (χ0) is 9.10. The van der Waals surface area contributed by atoms with Crippen LogP contribution in [-0.4, -0.2) is 11.2 Å². The van der Waals surface area contributed by atoms with E-state index < -0.39 is 0 Å². The van der Waals surface area contributed by atoms with E-state index in [0.29, 0.717) is 5.92 Å². The second-order valence-electron chi connectivity index (χ2n) is 3.95. The number of aliphatic hydroxyl groups excluding tert-OH is 1. The van der Waals surface area contributed by atoms with Gasteiger partial charge in [-0.2, -0.15) is 11.3 Å². The molecule has 1 nitrogen and oxygen atoms in total. The Balaban J connectivity index is 1.93. The highest BCUT2D eigenvalue weighted by Crippen LogP contribution is 2.27. The molecule has 0 aromatic carbocycles. The van der Waals surface area contributed by atoms with E-state index in [-0.39, 0.29) is 6.10 Å². The molecule has 0 amide bonds. The van der Waals surface area contributed by atoms with Crippen LogP contribution in [0, 0.1) is 5.92 Å². The summed E-state index contributed by atoms with van der Waals surface area (Å²) in [4.78, 5) is 0.